The predicted molar refractivity (Wildman–Crippen MR) is 165 cm³/mol. The number of fused-ring (bicyclic) bond motifs is 2. The first-order valence-electron chi connectivity index (χ1n) is 15.6. The molecule has 1 amide bonds. The quantitative estimate of drug-likeness (QED) is 0.186. The molecule has 47 heavy (non-hydrogen) atoms. The number of hydrogen-bond donors (Lipinski definition) is 2. The molecule has 2 N–H and O–H groups in total. The van der Waals surface area contributed by atoms with Gasteiger partial charge in [0.05, 0.1) is 47.6 Å². The number of amides is 1. The average Bonchev–Trinajstić information content (AvgIpc) is 3.82. The molecular formula is C34H32F4N6O3. The van der Waals surface area contributed by atoms with Crippen LogP contribution in [0.2, 0.25) is 0 Å². The molecule has 3 aromatic heterocycles. The lowest BCUT2D eigenvalue weighted by Gasteiger charge is -2.27. The summed E-state index contributed by atoms with van der Waals surface area (Å²) in [6, 6.07) is 10.5. The maximum Gasteiger partial charge on any atom is 0.411 e. The van der Waals surface area contributed by atoms with Crippen LogP contribution in [0.1, 0.15) is 70.1 Å². The minimum atomic E-state index is -3.07. The highest BCUT2D eigenvalue weighted by Gasteiger charge is 2.50. The van der Waals surface area contributed by atoms with Crippen LogP contribution >= 0.6 is 0 Å². The van der Waals surface area contributed by atoms with E-state index in [0.29, 0.717) is 29.4 Å². The number of H-pyrrole nitrogens is 2. The minimum Gasteiger partial charge on any atom is -0.453 e. The highest BCUT2D eigenvalue weighted by Crippen LogP contribution is 2.47. The number of benzene rings is 2. The zero-order valence-electron chi connectivity index (χ0n) is 25.9. The number of nitrogens with one attached hydrogen (secondary N) is 2. The van der Waals surface area contributed by atoms with Crippen molar-refractivity contribution in [3.05, 3.63) is 66.6 Å². The van der Waals surface area contributed by atoms with Gasteiger partial charge < -0.3 is 24.0 Å². The first kappa shape index (κ1) is 29.6. The fourth-order valence-corrected chi connectivity index (χ4v) is 6.92. The summed E-state index contributed by atoms with van der Waals surface area (Å²) >= 11 is 0. The van der Waals surface area contributed by atoms with E-state index < -0.39 is 42.5 Å². The number of halogens is 4. The summed E-state index contributed by atoms with van der Waals surface area (Å²) in [5.74, 6) is -3.94. The number of nitrogens with zero attached hydrogens (tertiary/aromatic N) is 4. The van der Waals surface area contributed by atoms with Crippen molar-refractivity contribution < 1.29 is 31.8 Å². The van der Waals surface area contributed by atoms with Crippen LogP contribution in [0, 0.1) is 0 Å². The molecule has 1 aliphatic carbocycles. The number of rotatable bonds is 4. The van der Waals surface area contributed by atoms with Crippen LogP contribution in [0.3, 0.4) is 0 Å². The molecule has 1 saturated heterocycles. The van der Waals surface area contributed by atoms with E-state index in [1.54, 1.807) is 33.2 Å². The molecule has 244 valence electrons. The monoisotopic (exact) mass is 648 g/mol. The van der Waals surface area contributed by atoms with Crippen LogP contribution in [0.5, 0.6) is 11.5 Å². The third-order valence-electron chi connectivity index (χ3n) is 9.05. The van der Waals surface area contributed by atoms with Crippen LogP contribution in [0.25, 0.3) is 39.1 Å². The molecule has 0 bridgehead atoms. The summed E-state index contributed by atoms with van der Waals surface area (Å²) in [6.45, 7) is 4.32. The standard InChI is InChI=1S/C34H32F4N6O3/c1-32(2,3)47-31(45)44-17-34(37,38)14-25(44)30-40-16-23(42-30)20-5-7-26-28-21(20)9-11-43(28)24-6-4-18(12-27(24)46-26)22-15-39-29(41-22)19-8-10-33(35,36)13-19/h4-7,9,11-12,15-16,19,25H,8,10,13-14,17H2,1-3H3,(H,39,41)(H,40,42)/t19-,25+/m0/s1. The molecule has 3 aliphatic rings. The second-order valence-electron chi connectivity index (χ2n) is 13.7. The smallest absolute Gasteiger partial charge is 0.411 e. The largest absolute Gasteiger partial charge is 0.453 e. The lowest BCUT2D eigenvalue weighted by molar-refractivity contribution is -0.00248. The topological polar surface area (TPSA) is 101 Å². The first-order chi connectivity index (χ1) is 22.2. The second kappa shape index (κ2) is 10.1. The van der Waals surface area contributed by atoms with E-state index in [1.807, 2.05) is 47.2 Å². The molecular weight excluding hydrogens is 616 g/mol. The van der Waals surface area contributed by atoms with Crippen LogP contribution in [-0.4, -0.2) is 59.5 Å². The molecule has 0 radical (unpaired) electrons. The van der Waals surface area contributed by atoms with Crippen molar-refractivity contribution in [1.29, 1.82) is 0 Å². The number of hydrogen-bond acceptors (Lipinski definition) is 5. The number of aromatic nitrogens is 5. The van der Waals surface area contributed by atoms with Crippen LogP contribution in [-0.2, 0) is 4.74 Å². The van der Waals surface area contributed by atoms with Crippen molar-refractivity contribution in [1.82, 2.24) is 29.4 Å². The molecule has 0 spiro atoms. The van der Waals surface area contributed by atoms with Gasteiger partial charge in [0.15, 0.2) is 11.5 Å². The van der Waals surface area contributed by atoms with Gasteiger partial charge >= 0.3 is 6.09 Å². The Morgan fingerprint density at radius 2 is 1.72 bits per heavy atom. The summed E-state index contributed by atoms with van der Waals surface area (Å²) in [5, 5.41) is 0.861. The van der Waals surface area contributed by atoms with Crippen molar-refractivity contribution in [3.63, 3.8) is 0 Å². The third kappa shape index (κ3) is 5.21. The maximum absolute atomic E-state index is 14.5. The van der Waals surface area contributed by atoms with Crippen molar-refractivity contribution >= 4 is 17.0 Å². The average molecular weight is 649 g/mol. The molecule has 5 aromatic rings. The van der Waals surface area contributed by atoms with Gasteiger partial charge in [0, 0.05) is 47.9 Å². The molecule has 9 nitrogen and oxygen atoms in total. The predicted octanol–water partition coefficient (Wildman–Crippen LogP) is 8.74. The Hall–Kier alpha value is -4.81. The summed E-state index contributed by atoms with van der Waals surface area (Å²) in [4.78, 5) is 29.1. The number of aromatic amines is 2. The molecule has 13 heteroatoms. The second-order valence-corrected chi connectivity index (χ2v) is 13.7. The first-order valence-corrected chi connectivity index (χ1v) is 15.6. The normalized spacial score (nSPS) is 21.2. The highest BCUT2D eigenvalue weighted by molar-refractivity contribution is 6.00. The maximum atomic E-state index is 14.5. The zero-order chi connectivity index (χ0) is 32.9. The van der Waals surface area contributed by atoms with Gasteiger partial charge in [-0.15, -0.1) is 0 Å². The van der Waals surface area contributed by atoms with Crippen LogP contribution in [0.15, 0.2) is 55.0 Å². The number of carbonyl (C=O) groups excluding carboxylic acids is 1. The number of likely N-dealkylation sites (tertiary alicyclic amines) is 1. The van der Waals surface area contributed by atoms with Crippen LogP contribution < -0.4 is 4.74 Å². The van der Waals surface area contributed by atoms with Gasteiger partial charge in [-0.25, -0.2) is 32.3 Å². The van der Waals surface area contributed by atoms with Gasteiger partial charge in [-0.2, -0.15) is 0 Å². The molecule has 8 rings (SSSR count). The molecule has 1 saturated carbocycles. The Morgan fingerprint density at radius 3 is 2.49 bits per heavy atom. The molecule has 2 aliphatic heterocycles. The summed E-state index contributed by atoms with van der Waals surface area (Å²) in [6.07, 6.45) is 3.90. The Bertz CT molecular complexity index is 2040. The fourth-order valence-electron chi connectivity index (χ4n) is 6.92. The number of carbonyl (C=O) groups is 1. The Morgan fingerprint density at radius 1 is 0.957 bits per heavy atom. The molecule has 0 unspecified atom stereocenters. The lowest BCUT2D eigenvalue weighted by atomic mass is 10.1. The van der Waals surface area contributed by atoms with E-state index in [4.69, 9.17) is 9.47 Å². The molecule has 2 aromatic carbocycles. The van der Waals surface area contributed by atoms with Crippen molar-refractivity contribution in [2.45, 2.75) is 75.9 Å². The van der Waals surface area contributed by atoms with E-state index in [9.17, 15) is 22.4 Å². The van der Waals surface area contributed by atoms with Gasteiger partial charge in [-0.1, -0.05) is 6.07 Å². The Labute approximate surface area is 266 Å². The minimum absolute atomic E-state index is 0.124. The van der Waals surface area contributed by atoms with E-state index in [2.05, 4.69) is 19.9 Å². The molecule has 2 fully saturated rings. The fraction of sp³-hybridized carbons (Fsp3) is 0.382. The van der Waals surface area contributed by atoms with Gasteiger partial charge in [0.1, 0.15) is 17.2 Å². The van der Waals surface area contributed by atoms with Crippen LogP contribution in [0.4, 0.5) is 22.4 Å². The Balaban J connectivity index is 1.08. The van der Waals surface area contributed by atoms with Gasteiger partial charge in [0.2, 0.25) is 5.92 Å². The molecule has 5 heterocycles. The van der Waals surface area contributed by atoms with Gasteiger partial charge in [-0.05, 0) is 57.5 Å². The summed E-state index contributed by atoms with van der Waals surface area (Å²) in [5.41, 5.74) is 3.75. The third-order valence-corrected chi connectivity index (χ3v) is 9.05. The SMILES string of the molecule is CC(C)(C)OC(=O)N1CC(F)(F)C[C@@H]1c1ncc(-c2ccc3c4c2ccn4-c2ccc(-c4cnc([C@H]5CCC(F)(F)C5)[nH]4)cc2O3)[nH]1. The van der Waals surface area contributed by atoms with E-state index in [-0.39, 0.29) is 24.6 Å². The summed E-state index contributed by atoms with van der Waals surface area (Å²) < 4.78 is 70.4. The van der Waals surface area contributed by atoms with Crippen molar-refractivity contribution in [3.8, 4) is 39.7 Å². The van der Waals surface area contributed by atoms with E-state index >= 15 is 0 Å². The van der Waals surface area contributed by atoms with E-state index in [0.717, 1.165) is 38.3 Å². The highest BCUT2D eigenvalue weighted by atomic mass is 19.3. The van der Waals surface area contributed by atoms with E-state index in [1.165, 1.54) is 0 Å². The van der Waals surface area contributed by atoms with Crippen molar-refractivity contribution in [2.24, 2.45) is 0 Å². The van der Waals surface area contributed by atoms with Gasteiger partial charge in [0.25, 0.3) is 5.92 Å². The Kier molecular flexibility index (Phi) is 6.35. The molecule has 2 atom stereocenters. The lowest BCUT2D eigenvalue weighted by Crippen LogP contribution is -2.38. The number of imidazole rings is 2. The zero-order valence-corrected chi connectivity index (χ0v) is 25.9. The number of alkyl halides is 4. The summed E-state index contributed by atoms with van der Waals surface area (Å²) in [7, 11) is 0. The van der Waals surface area contributed by atoms with Crippen molar-refractivity contribution in [2.75, 3.05) is 6.54 Å². The number of ether oxygens (including phenoxy) is 2. The van der Waals surface area contributed by atoms with Gasteiger partial charge in [-0.3, -0.25) is 4.90 Å².